The highest BCUT2D eigenvalue weighted by molar-refractivity contribution is 4.93. The molecule has 1 aliphatic heterocycles. The molecule has 3 atom stereocenters. The maximum atomic E-state index is 5.38. The Morgan fingerprint density at radius 1 is 1.40 bits per heavy atom. The highest BCUT2D eigenvalue weighted by Crippen LogP contribution is 2.36. The van der Waals surface area contributed by atoms with Crippen LogP contribution in [0.2, 0.25) is 0 Å². The number of ether oxygens (including phenoxy) is 1. The van der Waals surface area contributed by atoms with Crippen LogP contribution in [-0.2, 0) is 4.74 Å². The topological polar surface area (TPSA) is 24.5 Å². The summed E-state index contributed by atoms with van der Waals surface area (Å²) in [5.41, 5.74) is 0. The molecule has 2 fully saturated rings. The smallest absolute Gasteiger partial charge is 0.0620 e. The van der Waals surface area contributed by atoms with Gasteiger partial charge in [-0.2, -0.15) is 0 Å². The van der Waals surface area contributed by atoms with Crippen LogP contribution in [0.25, 0.3) is 0 Å². The molecule has 2 aliphatic rings. The molecule has 0 bridgehead atoms. The molecule has 3 nitrogen and oxygen atoms in total. The molecule has 1 aliphatic carbocycles. The summed E-state index contributed by atoms with van der Waals surface area (Å²) in [6.07, 6.45) is 2.80. The van der Waals surface area contributed by atoms with Gasteiger partial charge >= 0.3 is 0 Å². The molecule has 0 spiro atoms. The zero-order valence-corrected chi connectivity index (χ0v) is 10.2. The van der Waals surface area contributed by atoms with Crippen molar-refractivity contribution in [1.29, 1.82) is 0 Å². The SMILES string of the molecule is COCC(C1CC1)N1CC(C)NCC1C. The molecular formula is C12H24N2O. The van der Waals surface area contributed by atoms with Crippen molar-refractivity contribution in [1.82, 2.24) is 10.2 Å². The normalized spacial score (nSPS) is 35.4. The second-order valence-electron chi connectivity index (χ2n) is 5.22. The van der Waals surface area contributed by atoms with Crippen LogP contribution in [0.4, 0.5) is 0 Å². The second kappa shape index (κ2) is 4.81. The van der Waals surface area contributed by atoms with E-state index in [0.717, 1.165) is 19.1 Å². The Labute approximate surface area is 93.2 Å². The van der Waals surface area contributed by atoms with Gasteiger partial charge < -0.3 is 10.1 Å². The van der Waals surface area contributed by atoms with Crippen LogP contribution < -0.4 is 5.32 Å². The van der Waals surface area contributed by atoms with Crippen molar-refractivity contribution >= 4 is 0 Å². The molecule has 1 heterocycles. The fourth-order valence-corrected chi connectivity index (χ4v) is 2.67. The van der Waals surface area contributed by atoms with Crippen LogP contribution in [0.5, 0.6) is 0 Å². The van der Waals surface area contributed by atoms with E-state index in [1.165, 1.54) is 19.4 Å². The van der Waals surface area contributed by atoms with Crippen molar-refractivity contribution in [2.75, 3.05) is 26.8 Å². The summed E-state index contributed by atoms with van der Waals surface area (Å²) in [5.74, 6) is 0.901. The first-order valence-corrected chi connectivity index (χ1v) is 6.20. The predicted molar refractivity (Wildman–Crippen MR) is 62.0 cm³/mol. The molecule has 3 heteroatoms. The Hall–Kier alpha value is -0.120. The zero-order chi connectivity index (χ0) is 10.8. The van der Waals surface area contributed by atoms with Crippen molar-refractivity contribution in [3.05, 3.63) is 0 Å². The highest BCUT2D eigenvalue weighted by atomic mass is 16.5. The third-order valence-electron chi connectivity index (χ3n) is 3.74. The first-order chi connectivity index (χ1) is 7.22. The molecular weight excluding hydrogens is 188 g/mol. The highest BCUT2D eigenvalue weighted by Gasteiger charge is 2.38. The quantitative estimate of drug-likeness (QED) is 0.755. The summed E-state index contributed by atoms with van der Waals surface area (Å²) in [6.45, 7) is 7.79. The summed E-state index contributed by atoms with van der Waals surface area (Å²) >= 11 is 0. The zero-order valence-electron chi connectivity index (χ0n) is 10.2. The van der Waals surface area contributed by atoms with E-state index in [2.05, 4.69) is 24.1 Å². The lowest BCUT2D eigenvalue weighted by Gasteiger charge is -2.42. The molecule has 0 aromatic rings. The minimum atomic E-state index is 0.624. The average Bonchev–Trinajstić information content (AvgIpc) is 3.02. The standard InChI is InChI=1S/C12H24N2O/c1-9-7-14(10(2)6-13-9)12(8-15-3)11-4-5-11/h9-13H,4-8H2,1-3H3. The number of nitrogens with one attached hydrogen (secondary N) is 1. The van der Waals surface area contributed by atoms with E-state index < -0.39 is 0 Å². The van der Waals surface area contributed by atoms with Crippen LogP contribution in [0.1, 0.15) is 26.7 Å². The van der Waals surface area contributed by atoms with Crippen molar-refractivity contribution in [2.45, 2.75) is 44.8 Å². The van der Waals surface area contributed by atoms with Crippen LogP contribution >= 0.6 is 0 Å². The molecule has 0 aromatic carbocycles. The minimum Gasteiger partial charge on any atom is -0.383 e. The van der Waals surface area contributed by atoms with Crippen molar-refractivity contribution in [3.8, 4) is 0 Å². The van der Waals surface area contributed by atoms with E-state index in [1.54, 1.807) is 0 Å². The van der Waals surface area contributed by atoms with Gasteiger partial charge in [0.15, 0.2) is 0 Å². The largest absolute Gasteiger partial charge is 0.383 e. The summed E-state index contributed by atoms with van der Waals surface area (Å²) in [7, 11) is 1.83. The lowest BCUT2D eigenvalue weighted by atomic mass is 10.0. The van der Waals surface area contributed by atoms with Gasteiger partial charge in [-0.3, -0.25) is 4.90 Å². The summed E-state index contributed by atoms with van der Waals surface area (Å²) in [4.78, 5) is 2.66. The van der Waals surface area contributed by atoms with Crippen LogP contribution in [0.15, 0.2) is 0 Å². The first kappa shape index (κ1) is 11.4. The second-order valence-corrected chi connectivity index (χ2v) is 5.22. The van der Waals surface area contributed by atoms with Gasteiger partial charge in [-0.05, 0) is 32.6 Å². The number of hydrogen-bond donors (Lipinski definition) is 1. The lowest BCUT2D eigenvalue weighted by Crippen LogP contribution is -2.59. The van der Waals surface area contributed by atoms with Crippen molar-refractivity contribution < 1.29 is 4.74 Å². The van der Waals surface area contributed by atoms with Gasteiger partial charge in [0, 0.05) is 38.3 Å². The molecule has 0 aromatic heterocycles. The molecule has 0 amide bonds. The van der Waals surface area contributed by atoms with Crippen LogP contribution in [0, 0.1) is 5.92 Å². The fraction of sp³-hybridized carbons (Fsp3) is 1.00. The molecule has 88 valence electrons. The summed E-state index contributed by atoms with van der Waals surface area (Å²) < 4.78 is 5.38. The Balaban J connectivity index is 1.97. The van der Waals surface area contributed by atoms with E-state index in [1.807, 2.05) is 7.11 Å². The van der Waals surface area contributed by atoms with E-state index in [-0.39, 0.29) is 0 Å². The maximum absolute atomic E-state index is 5.38. The van der Waals surface area contributed by atoms with Gasteiger partial charge in [-0.15, -0.1) is 0 Å². The van der Waals surface area contributed by atoms with Gasteiger partial charge in [0.05, 0.1) is 6.61 Å². The van der Waals surface area contributed by atoms with Gasteiger partial charge in [-0.1, -0.05) is 0 Å². The number of rotatable bonds is 4. The molecule has 2 rings (SSSR count). The molecule has 0 radical (unpaired) electrons. The molecule has 3 unspecified atom stereocenters. The number of hydrogen-bond acceptors (Lipinski definition) is 3. The monoisotopic (exact) mass is 212 g/mol. The molecule has 1 saturated heterocycles. The van der Waals surface area contributed by atoms with Gasteiger partial charge in [0.1, 0.15) is 0 Å². The van der Waals surface area contributed by atoms with E-state index in [4.69, 9.17) is 4.74 Å². The molecule has 1 saturated carbocycles. The van der Waals surface area contributed by atoms with Crippen LogP contribution in [0.3, 0.4) is 0 Å². The maximum Gasteiger partial charge on any atom is 0.0620 e. The lowest BCUT2D eigenvalue weighted by molar-refractivity contribution is 0.0310. The number of nitrogens with zero attached hydrogens (tertiary/aromatic N) is 1. The van der Waals surface area contributed by atoms with Crippen molar-refractivity contribution in [2.24, 2.45) is 5.92 Å². The van der Waals surface area contributed by atoms with Gasteiger partial charge in [-0.25, -0.2) is 0 Å². The van der Waals surface area contributed by atoms with Crippen LogP contribution in [-0.4, -0.2) is 49.8 Å². The van der Waals surface area contributed by atoms with Gasteiger partial charge in [0.2, 0.25) is 0 Å². The van der Waals surface area contributed by atoms with E-state index >= 15 is 0 Å². The molecule has 1 N–H and O–H groups in total. The van der Waals surface area contributed by atoms with Gasteiger partial charge in [0.25, 0.3) is 0 Å². The Morgan fingerprint density at radius 2 is 2.13 bits per heavy atom. The summed E-state index contributed by atoms with van der Waals surface area (Å²) in [5, 5.41) is 3.54. The fourth-order valence-electron chi connectivity index (χ4n) is 2.67. The third kappa shape index (κ3) is 2.71. The Bertz CT molecular complexity index is 206. The number of piperazine rings is 1. The molecule has 15 heavy (non-hydrogen) atoms. The third-order valence-corrected chi connectivity index (χ3v) is 3.74. The number of methoxy groups -OCH3 is 1. The Kier molecular flexibility index (Phi) is 3.65. The van der Waals surface area contributed by atoms with E-state index in [0.29, 0.717) is 18.1 Å². The summed E-state index contributed by atoms with van der Waals surface area (Å²) in [6, 6.07) is 1.94. The van der Waals surface area contributed by atoms with E-state index in [9.17, 15) is 0 Å². The predicted octanol–water partition coefficient (Wildman–Crippen LogP) is 1.09. The Morgan fingerprint density at radius 3 is 2.73 bits per heavy atom. The average molecular weight is 212 g/mol. The minimum absolute atomic E-state index is 0.624. The first-order valence-electron chi connectivity index (χ1n) is 6.20. The van der Waals surface area contributed by atoms with Crippen molar-refractivity contribution in [3.63, 3.8) is 0 Å².